The maximum Gasteiger partial charge on any atom is 0.257 e. The zero-order valence-corrected chi connectivity index (χ0v) is 7.29. The van der Waals surface area contributed by atoms with Gasteiger partial charge >= 0.3 is 0 Å². The lowest BCUT2D eigenvalue weighted by atomic mass is 10.1. The van der Waals surface area contributed by atoms with Crippen LogP contribution in [0.2, 0.25) is 0 Å². The van der Waals surface area contributed by atoms with E-state index in [1.54, 1.807) is 11.1 Å². The third kappa shape index (κ3) is 1.40. The minimum atomic E-state index is -0.0804. The topological polar surface area (TPSA) is 97.8 Å². The number of H-pyrrole nitrogens is 1. The fourth-order valence-corrected chi connectivity index (χ4v) is 1.32. The van der Waals surface area contributed by atoms with E-state index in [9.17, 15) is 4.79 Å². The predicted molar refractivity (Wildman–Crippen MR) is 47.4 cm³/mol. The van der Waals surface area contributed by atoms with E-state index in [2.05, 4.69) is 20.2 Å². The summed E-state index contributed by atoms with van der Waals surface area (Å²) >= 11 is 0. The lowest BCUT2D eigenvalue weighted by molar-refractivity contribution is 0.0609. The van der Waals surface area contributed by atoms with Gasteiger partial charge in [0.1, 0.15) is 0 Å². The first-order chi connectivity index (χ1) is 6.81. The molecule has 1 fully saturated rings. The second kappa shape index (κ2) is 3.39. The molecular weight excluding hydrogens is 184 g/mol. The maximum absolute atomic E-state index is 11.6. The largest absolute Gasteiger partial charge is 0.338 e. The van der Waals surface area contributed by atoms with Gasteiger partial charge in [-0.1, -0.05) is 5.11 Å². The lowest BCUT2D eigenvalue weighted by Gasteiger charge is -2.36. The van der Waals surface area contributed by atoms with Gasteiger partial charge in [0.25, 0.3) is 5.91 Å². The van der Waals surface area contributed by atoms with E-state index >= 15 is 0 Å². The molecule has 0 atom stereocenters. The highest BCUT2D eigenvalue weighted by Gasteiger charge is 2.30. The van der Waals surface area contributed by atoms with Crippen molar-refractivity contribution in [3.05, 3.63) is 28.4 Å². The van der Waals surface area contributed by atoms with E-state index in [0.29, 0.717) is 18.7 Å². The van der Waals surface area contributed by atoms with E-state index < -0.39 is 0 Å². The van der Waals surface area contributed by atoms with E-state index in [0.717, 1.165) is 0 Å². The van der Waals surface area contributed by atoms with Crippen LogP contribution in [-0.2, 0) is 0 Å². The van der Waals surface area contributed by atoms with Crippen LogP contribution in [0.1, 0.15) is 10.4 Å². The number of aromatic nitrogens is 2. The summed E-state index contributed by atoms with van der Waals surface area (Å²) in [4.78, 5) is 15.9. The van der Waals surface area contributed by atoms with Gasteiger partial charge in [0.05, 0.1) is 17.8 Å². The summed E-state index contributed by atoms with van der Waals surface area (Å²) in [6.07, 6.45) is 3.02. The molecule has 0 saturated carbocycles. The summed E-state index contributed by atoms with van der Waals surface area (Å²) in [5.74, 6) is -0.0804. The van der Waals surface area contributed by atoms with Crippen molar-refractivity contribution in [1.82, 2.24) is 15.1 Å². The number of azide groups is 1. The molecule has 72 valence electrons. The van der Waals surface area contributed by atoms with Gasteiger partial charge in [-0.3, -0.25) is 9.89 Å². The van der Waals surface area contributed by atoms with Crippen molar-refractivity contribution in [3.8, 4) is 0 Å². The number of carbonyl (C=O) groups is 1. The van der Waals surface area contributed by atoms with Crippen LogP contribution in [0.4, 0.5) is 0 Å². The van der Waals surface area contributed by atoms with Gasteiger partial charge in [0, 0.05) is 24.2 Å². The molecule has 7 nitrogen and oxygen atoms in total. The zero-order valence-electron chi connectivity index (χ0n) is 7.29. The minimum absolute atomic E-state index is 0.0733. The van der Waals surface area contributed by atoms with Crippen molar-refractivity contribution in [1.29, 1.82) is 0 Å². The Bertz CT molecular complexity index is 373. The molecule has 0 aromatic carbocycles. The van der Waals surface area contributed by atoms with Gasteiger partial charge < -0.3 is 4.90 Å². The molecule has 0 unspecified atom stereocenters. The van der Waals surface area contributed by atoms with Crippen LogP contribution in [0.3, 0.4) is 0 Å². The van der Waals surface area contributed by atoms with Crippen LogP contribution < -0.4 is 0 Å². The standard InChI is InChI=1S/C7H8N6O/c8-12-11-6-3-13(4-6)7(14)5-1-9-10-2-5/h1-2,6H,3-4H2,(H,9,10). The van der Waals surface area contributed by atoms with E-state index in [-0.39, 0.29) is 11.9 Å². The number of rotatable bonds is 2. The average molecular weight is 192 g/mol. The number of likely N-dealkylation sites (tertiary alicyclic amines) is 1. The fraction of sp³-hybridized carbons (Fsp3) is 0.429. The summed E-state index contributed by atoms with van der Waals surface area (Å²) in [6, 6.07) is -0.0733. The molecular formula is C7H8N6O. The molecule has 1 aliphatic heterocycles. The Morgan fingerprint density at radius 3 is 3.14 bits per heavy atom. The SMILES string of the molecule is [N-]=[N+]=NC1CN(C(=O)c2cn[nH]c2)C1. The summed E-state index contributed by atoms with van der Waals surface area (Å²) in [5, 5.41) is 9.76. The van der Waals surface area contributed by atoms with Crippen molar-refractivity contribution < 1.29 is 4.79 Å². The minimum Gasteiger partial charge on any atom is -0.338 e. The highest BCUT2D eigenvalue weighted by molar-refractivity contribution is 5.94. The summed E-state index contributed by atoms with van der Waals surface area (Å²) in [5.41, 5.74) is 8.68. The van der Waals surface area contributed by atoms with E-state index in [1.807, 2.05) is 0 Å². The third-order valence-electron chi connectivity index (χ3n) is 2.11. The Balaban J connectivity index is 1.94. The van der Waals surface area contributed by atoms with Gasteiger partial charge in [0.15, 0.2) is 0 Å². The first-order valence-corrected chi connectivity index (χ1v) is 4.13. The van der Waals surface area contributed by atoms with Crippen molar-refractivity contribution >= 4 is 5.91 Å². The number of carbonyl (C=O) groups excluding carboxylic acids is 1. The Kier molecular flexibility index (Phi) is 2.08. The smallest absolute Gasteiger partial charge is 0.257 e. The molecule has 0 bridgehead atoms. The molecule has 0 radical (unpaired) electrons. The highest BCUT2D eigenvalue weighted by Crippen LogP contribution is 2.14. The summed E-state index contributed by atoms with van der Waals surface area (Å²) < 4.78 is 0. The van der Waals surface area contributed by atoms with Crippen LogP contribution in [-0.4, -0.2) is 40.1 Å². The number of aromatic amines is 1. The fourth-order valence-electron chi connectivity index (χ4n) is 1.32. The van der Waals surface area contributed by atoms with Crippen LogP contribution in [0.25, 0.3) is 10.4 Å². The molecule has 7 heteroatoms. The molecule has 1 aromatic rings. The first-order valence-electron chi connectivity index (χ1n) is 4.13. The molecule has 14 heavy (non-hydrogen) atoms. The Labute approximate surface area is 79.3 Å². The van der Waals surface area contributed by atoms with Crippen LogP contribution in [0.5, 0.6) is 0 Å². The van der Waals surface area contributed by atoms with Crippen molar-refractivity contribution in [2.45, 2.75) is 6.04 Å². The molecule has 2 heterocycles. The molecule has 1 amide bonds. The molecule has 1 aromatic heterocycles. The predicted octanol–water partition coefficient (Wildman–Crippen LogP) is 0.544. The molecule has 0 spiro atoms. The number of amides is 1. The van der Waals surface area contributed by atoms with Crippen LogP contribution >= 0.6 is 0 Å². The Morgan fingerprint density at radius 2 is 2.57 bits per heavy atom. The first kappa shape index (κ1) is 8.58. The van der Waals surface area contributed by atoms with Crippen molar-refractivity contribution in [3.63, 3.8) is 0 Å². The monoisotopic (exact) mass is 192 g/mol. The maximum atomic E-state index is 11.6. The van der Waals surface area contributed by atoms with E-state index in [1.165, 1.54) is 6.20 Å². The number of hydrogen-bond acceptors (Lipinski definition) is 3. The Hall–Kier alpha value is -2.01. The Morgan fingerprint density at radius 1 is 1.79 bits per heavy atom. The number of nitrogens with zero attached hydrogens (tertiary/aromatic N) is 5. The van der Waals surface area contributed by atoms with Gasteiger partial charge in [-0.25, -0.2) is 0 Å². The summed E-state index contributed by atoms with van der Waals surface area (Å²) in [6.45, 7) is 0.988. The van der Waals surface area contributed by atoms with Gasteiger partial charge in [-0.2, -0.15) is 5.10 Å². The molecule has 1 N–H and O–H groups in total. The second-order valence-electron chi connectivity index (χ2n) is 3.06. The van der Waals surface area contributed by atoms with Gasteiger partial charge in [0.2, 0.25) is 0 Å². The quantitative estimate of drug-likeness (QED) is 0.420. The van der Waals surface area contributed by atoms with Gasteiger partial charge in [-0.15, -0.1) is 0 Å². The highest BCUT2D eigenvalue weighted by atomic mass is 16.2. The van der Waals surface area contributed by atoms with Crippen LogP contribution in [0, 0.1) is 0 Å². The third-order valence-corrected chi connectivity index (χ3v) is 2.11. The average Bonchev–Trinajstić information content (AvgIpc) is 2.62. The molecule has 2 rings (SSSR count). The second-order valence-corrected chi connectivity index (χ2v) is 3.06. The zero-order chi connectivity index (χ0) is 9.97. The summed E-state index contributed by atoms with van der Waals surface area (Å²) in [7, 11) is 0. The number of nitrogens with one attached hydrogen (secondary N) is 1. The molecule has 0 aliphatic carbocycles. The molecule has 1 aliphatic rings. The van der Waals surface area contributed by atoms with Crippen molar-refractivity contribution in [2.24, 2.45) is 5.11 Å². The molecule has 1 saturated heterocycles. The van der Waals surface area contributed by atoms with Crippen LogP contribution in [0.15, 0.2) is 17.5 Å². The lowest BCUT2D eigenvalue weighted by Crippen LogP contribution is -2.52. The van der Waals surface area contributed by atoms with Crippen molar-refractivity contribution in [2.75, 3.05) is 13.1 Å². The normalized spacial score (nSPS) is 15.9. The number of hydrogen-bond donors (Lipinski definition) is 1. The van der Waals surface area contributed by atoms with Gasteiger partial charge in [-0.05, 0) is 5.53 Å². The van der Waals surface area contributed by atoms with E-state index in [4.69, 9.17) is 5.53 Å².